The second-order valence-electron chi connectivity index (χ2n) is 4.62. The van der Waals surface area contributed by atoms with Crippen molar-refractivity contribution in [2.24, 2.45) is 5.73 Å². The Morgan fingerprint density at radius 1 is 1.40 bits per heavy atom. The Morgan fingerprint density at radius 2 is 2.10 bits per heavy atom. The first kappa shape index (κ1) is 17.0. The summed E-state index contributed by atoms with van der Waals surface area (Å²) >= 11 is 3.41. The molecule has 0 saturated heterocycles. The summed E-state index contributed by atoms with van der Waals surface area (Å²) in [6.45, 7) is 6.02. The molecule has 1 aromatic rings. The fraction of sp³-hybridized carbons (Fsp3) is 0.533. The van der Waals surface area contributed by atoms with Crippen LogP contribution in [0.4, 0.5) is 0 Å². The minimum Gasteiger partial charge on any atom is -0.478 e. The van der Waals surface area contributed by atoms with E-state index in [1.165, 1.54) is 0 Å². The van der Waals surface area contributed by atoms with Gasteiger partial charge in [0.2, 0.25) is 0 Å². The van der Waals surface area contributed by atoms with Gasteiger partial charge in [0.25, 0.3) is 0 Å². The van der Waals surface area contributed by atoms with Crippen LogP contribution < -0.4 is 10.5 Å². The summed E-state index contributed by atoms with van der Waals surface area (Å²) in [6, 6.07) is 5.48. The Morgan fingerprint density at radius 3 is 2.65 bits per heavy atom. The van der Waals surface area contributed by atoms with Crippen molar-refractivity contribution >= 4 is 21.9 Å². The maximum absolute atomic E-state index is 11.9. The van der Waals surface area contributed by atoms with Gasteiger partial charge in [-0.1, -0.05) is 35.3 Å². The van der Waals surface area contributed by atoms with Crippen molar-refractivity contribution in [3.8, 4) is 5.75 Å². The molecule has 0 saturated carbocycles. The summed E-state index contributed by atoms with van der Waals surface area (Å²) in [5.41, 5.74) is 6.81. The molecular weight excluding hydrogens is 322 g/mol. The van der Waals surface area contributed by atoms with Crippen molar-refractivity contribution < 1.29 is 14.3 Å². The van der Waals surface area contributed by atoms with Crippen molar-refractivity contribution in [2.45, 2.75) is 45.8 Å². The molecule has 2 N–H and O–H groups in total. The molecule has 0 aliphatic carbocycles. The van der Waals surface area contributed by atoms with Gasteiger partial charge in [-0.3, -0.25) is 0 Å². The van der Waals surface area contributed by atoms with E-state index in [1.54, 1.807) is 6.92 Å². The number of carbonyl (C=O) groups excluding carboxylic acids is 1. The van der Waals surface area contributed by atoms with Gasteiger partial charge in [-0.25, -0.2) is 4.79 Å². The van der Waals surface area contributed by atoms with Gasteiger partial charge < -0.3 is 15.2 Å². The lowest BCUT2D eigenvalue weighted by Crippen LogP contribution is -2.30. The van der Waals surface area contributed by atoms with Crippen molar-refractivity contribution in [2.75, 3.05) is 6.61 Å². The molecule has 0 bridgehead atoms. The van der Waals surface area contributed by atoms with Crippen molar-refractivity contribution in [1.82, 2.24) is 0 Å². The predicted octanol–water partition coefficient (Wildman–Crippen LogP) is 3.58. The van der Waals surface area contributed by atoms with Crippen LogP contribution in [0.5, 0.6) is 5.75 Å². The van der Waals surface area contributed by atoms with Gasteiger partial charge in [-0.2, -0.15) is 0 Å². The molecule has 0 aliphatic rings. The fourth-order valence-electron chi connectivity index (χ4n) is 1.86. The topological polar surface area (TPSA) is 61.5 Å². The number of benzene rings is 1. The molecule has 4 nitrogen and oxygen atoms in total. The lowest BCUT2D eigenvalue weighted by atomic mass is 10.1. The van der Waals surface area contributed by atoms with Crippen LogP contribution in [-0.2, 0) is 9.53 Å². The van der Waals surface area contributed by atoms with E-state index in [4.69, 9.17) is 15.2 Å². The van der Waals surface area contributed by atoms with E-state index in [9.17, 15) is 4.79 Å². The summed E-state index contributed by atoms with van der Waals surface area (Å²) < 4.78 is 11.8. The van der Waals surface area contributed by atoms with Crippen molar-refractivity contribution in [3.63, 3.8) is 0 Å². The molecule has 0 fully saturated rings. The molecule has 0 aromatic heterocycles. The zero-order valence-corrected chi connectivity index (χ0v) is 13.8. The predicted molar refractivity (Wildman–Crippen MR) is 82.7 cm³/mol. The highest BCUT2D eigenvalue weighted by Crippen LogP contribution is 2.29. The standard InChI is InChI=1S/C15H22BrNO3/c1-4-6-13(15(18)19-5-2)20-14-9-11(16)7-8-12(14)10(3)17/h7-10,13H,4-6,17H2,1-3H3/t10-,13?/m0/s1. The normalized spacial score (nSPS) is 13.7. The second-order valence-corrected chi connectivity index (χ2v) is 5.53. The van der Waals surface area contributed by atoms with Gasteiger partial charge in [-0.15, -0.1) is 0 Å². The van der Waals surface area contributed by atoms with E-state index in [-0.39, 0.29) is 12.0 Å². The van der Waals surface area contributed by atoms with Gasteiger partial charge in [0.1, 0.15) is 5.75 Å². The molecule has 0 amide bonds. The van der Waals surface area contributed by atoms with Crippen LogP contribution in [0.1, 0.15) is 45.2 Å². The zero-order valence-electron chi connectivity index (χ0n) is 12.2. The Kier molecular flexibility index (Phi) is 7.02. The minimum atomic E-state index is -0.591. The fourth-order valence-corrected chi connectivity index (χ4v) is 2.20. The number of hydrogen-bond acceptors (Lipinski definition) is 4. The third-order valence-electron chi connectivity index (χ3n) is 2.84. The maximum Gasteiger partial charge on any atom is 0.347 e. The average molecular weight is 344 g/mol. The summed E-state index contributed by atoms with van der Waals surface area (Å²) in [5, 5.41) is 0. The average Bonchev–Trinajstić information content (AvgIpc) is 2.38. The Balaban J connectivity index is 2.97. The van der Waals surface area contributed by atoms with Crippen molar-refractivity contribution in [3.05, 3.63) is 28.2 Å². The summed E-state index contributed by atoms with van der Waals surface area (Å²) in [4.78, 5) is 11.9. The number of carbonyl (C=O) groups is 1. The first-order valence-corrected chi connectivity index (χ1v) is 7.67. The van der Waals surface area contributed by atoms with Gasteiger partial charge in [0, 0.05) is 16.1 Å². The quantitative estimate of drug-likeness (QED) is 0.768. The molecule has 0 heterocycles. The second kappa shape index (κ2) is 8.27. The van der Waals surface area contributed by atoms with Crippen LogP contribution >= 0.6 is 15.9 Å². The van der Waals surface area contributed by atoms with Crippen LogP contribution in [0.2, 0.25) is 0 Å². The van der Waals surface area contributed by atoms with E-state index in [0.717, 1.165) is 16.5 Å². The molecule has 5 heteroatoms. The van der Waals surface area contributed by atoms with E-state index >= 15 is 0 Å². The number of halogens is 1. The van der Waals surface area contributed by atoms with E-state index in [1.807, 2.05) is 32.0 Å². The lowest BCUT2D eigenvalue weighted by molar-refractivity contribution is -0.151. The first-order chi connectivity index (χ1) is 9.49. The highest BCUT2D eigenvalue weighted by Gasteiger charge is 2.22. The SMILES string of the molecule is CCCC(Oc1cc(Br)ccc1[C@H](C)N)C(=O)OCC. The van der Waals surface area contributed by atoms with Crippen LogP contribution in [0.15, 0.2) is 22.7 Å². The molecule has 20 heavy (non-hydrogen) atoms. The highest BCUT2D eigenvalue weighted by atomic mass is 79.9. The summed E-state index contributed by atoms with van der Waals surface area (Å²) in [5.74, 6) is 0.297. The monoisotopic (exact) mass is 343 g/mol. The lowest BCUT2D eigenvalue weighted by Gasteiger charge is -2.20. The minimum absolute atomic E-state index is 0.164. The summed E-state index contributed by atoms with van der Waals surface area (Å²) in [6.07, 6.45) is 0.862. The Hall–Kier alpha value is -1.07. The van der Waals surface area contributed by atoms with Crippen LogP contribution in [0.3, 0.4) is 0 Å². The number of hydrogen-bond donors (Lipinski definition) is 1. The number of ether oxygens (including phenoxy) is 2. The molecule has 1 rings (SSSR count). The van der Waals surface area contributed by atoms with Crippen LogP contribution in [-0.4, -0.2) is 18.7 Å². The molecule has 1 unspecified atom stereocenters. The summed E-state index contributed by atoms with van der Waals surface area (Å²) in [7, 11) is 0. The highest BCUT2D eigenvalue weighted by molar-refractivity contribution is 9.10. The third-order valence-corrected chi connectivity index (χ3v) is 3.33. The van der Waals surface area contributed by atoms with Gasteiger partial charge in [-0.05, 0) is 32.4 Å². The molecular formula is C15H22BrNO3. The first-order valence-electron chi connectivity index (χ1n) is 6.87. The molecule has 112 valence electrons. The van der Waals surface area contributed by atoms with Crippen LogP contribution in [0.25, 0.3) is 0 Å². The number of esters is 1. The molecule has 0 spiro atoms. The van der Waals surface area contributed by atoms with E-state index in [2.05, 4.69) is 15.9 Å². The van der Waals surface area contributed by atoms with Gasteiger partial charge in [0.15, 0.2) is 6.10 Å². The third kappa shape index (κ3) is 4.80. The van der Waals surface area contributed by atoms with Crippen LogP contribution in [0, 0.1) is 0 Å². The molecule has 0 aliphatic heterocycles. The van der Waals surface area contributed by atoms with Gasteiger partial charge >= 0.3 is 5.97 Å². The molecule has 2 atom stereocenters. The number of nitrogens with two attached hydrogens (primary N) is 1. The molecule has 0 radical (unpaired) electrons. The zero-order chi connectivity index (χ0) is 15.1. The van der Waals surface area contributed by atoms with Crippen molar-refractivity contribution in [1.29, 1.82) is 0 Å². The maximum atomic E-state index is 11.9. The smallest absolute Gasteiger partial charge is 0.347 e. The van der Waals surface area contributed by atoms with E-state index < -0.39 is 6.10 Å². The Bertz CT molecular complexity index is 449. The van der Waals surface area contributed by atoms with E-state index in [0.29, 0.717) is 18.8 Å². The molecule has 1 aromatic carbocycles. The van der Waals surface area contributed by atoms with Gasteiger partial charge in [0.05, 0.1) is 6.61 Å². The number of rotatable bonds is 7. The largest absolute Gasteiger partial charge is 0.478 e. The Labute approximate surface area is 128 Å².